The third-order valence-corrected chi connectivity index (χ3v) is 3.31. The number of hydrogen-bond donors (Lipinski definition) is 1. The maximum atomic E-state index is 13.8. The summed E-state index contributed by atoms with van der Waals surface area (Å²) in [5, 5.41) is 3.70. The summed E-state index contributed by atoms with van der Waals surface area (Å²) in [6.07, 6.45) is 0. The van der Waals surface area contributed by atoms with Crippen molar-refractivity contribution in [2.24, 2.45) is 0 Å². The highest BCUT2D eigenvalue weighted by Gasteiger charge is 2.12. The van der Waals surface area contributed by atoms with Gasteiger partial charge in [0.2, 0.25) is 0 Å². The van der Waals surface area contributed by atoms with Gasteiger partial charge in [-0.2, -0.15) is 0 Å². The topological polar surface area (TPSA) is 12.0 Å². The fraction of sp³-hybridized carbons (Fsp3) is 0.143. The monoisotopic (exact) mass is 247 g/mol. The minimum atomic E-state index is -0.275. The standard InChI is InChI=1S/C14H11ClFN/c15-12-3-4-13(14(16)6-12)9-1-2-10-7-17-8-11(10)5-9/h1-6,17H,7-8H2. The van der Waals surface area contributed by atoms with Crippen molar-refractivity contribution in [3.8, 4) is 11.1 Å². The van der Waals surface area contributed by atoms with Crippen molar-refractivity contribution >= 4 is 11.6 Å². The van der Waals surface area contributed by atoms with E-state index in [4.69, 9.17) is 11.6 Å². The lowest BCUT2D eigenvalue weighted by Crippen LogP contribution is -1.99. The van der Waals surface area contributed by atoms with Gasteiger partial charge in [0.25, 0.3) is 0 Å². The van der Waals surface area contributed by atoms with Gasteiger partial charge in [-0.15, -0.1) is 0 Å². The van der Waals surface area contributed by atoms with Crippen LogP contribution in [-0.4, -0.2) is 0 Å². The Morgan fingerprint density at radius 3 is 2.65 bits per heavy atom. The fourth-order valence-electron chi connectivity index (χ4n) is 2.19. The predicted molar refractivity (Wildman–Crippen MR) is 67.4 cm³/mol. The Labute approximate surface area is 104 Å². The van der Waals surface area contributed by atoms with Gasteiger partial charge in [-0.25, -0.2) is 4.39 Å². The van der Waals surface area contributed by atoms with E-state index >= 15 is 0 Å². The predicted octanol–water partition coefficient (Wildman–Crippen LogP) is 3.75. The van der Waals surface area contributed by atoms with E-state index in [1.165, 1.54) is 17.2 Å². The maximum absolute atomic E-state index is 13.8. The molecule has 0 amide bonds. The highest BCUT2D eigenvalue weighted by atomic mass is 35.5. The largest absolute Gasteiger partial charge is 0.309 e. The van der Waals surface area contributed by atoms with Crippen LogP contribution in [0.5, 0.6) is 0 Å². The van der Waals surface area contributed by atoms with E-state index in [-0.39, 0.29) is 5.82 Å². The van der Waals surface area contributed by atoms with Crippen LogP contribution in [0.2, 0.25) is 5.02 Å². The fourth-order valence-corrected chi connectivity index (χ4v) is 2.34. The molecule has 2 aromatic rings. The molecule has 1 nitrogen and oxygen atoms in total. The Morgan fingerprint density at radius 2 is 1.82 bits per heavy atom. The maximum Gasteiger partial charge on any atom is 0.132 e. The van der Waals surface area contributed by atoms with Gasteiger partial charge < -0.3 is 5.32 Å². The van der Waals surface area contributed by atoms with Gasteiger partial charge in [-0.3, -0.25) is 0 Å². The van der Waals surface area contributed by atoms with E-state index in [2.05, 4.69) is 11.4 Å². The van der Waals surface area contributed by atoms with Crippen LogP contribution in [-0.2, 0) is 13.1 Å². The Hall–Kier alpha value is -1.38. The first-order valence-electron chi connectivity index (χ1n) is 5.52. The van der Waals surface area contributed by atoms with E-state index in [9.17, 15) is 4.39 Å². The molecule has 86 valence electrons. The summed E-state index contributed by atoms with van der Waals surface area (Å²) in [5.41, 5.74) is 4.05. The first kappa shape index (κ1) is 10.8. The van der Waals surface area contributed by atoms with Crippen molar-refractivity contribution in [1.82, 2.24) is 5.32 Å². The summed E-state index contributed by atoms with van der Waals surface area (Å²) < 4.78 is 13.8. The van der Waals surface area contributed by atoms with Crippen molar-refractivity contribution in [2.45, 2.75) is 13.1 Å². The van der Waals surface area contributed by atoms with Gasteiger partial charge in [0.15, 0.2) is 0 Å². The molecule has 0 aliphatic carbocycles. The highest BCUT2D eigenvalue weighted by Crippen LogP contribution is 2.28. The first-order chi connectivity index (χ1) is 8.24. The molecule has 3 heteroatoms. The van der Waals surface area contributed by atoms with Crippen LogP contribution in [0.1, 0.15) is 11.1 Å². The molecule has 1 N–H and O–H groups in total. The van der Waals surface area contributed by atoms with Crippen LogP contribution in [0, 0.1) is 5.82 Å². The Morgan fingerprint density at radius 1 is 1.00 bits per heavy atom. The van der Waals surface area contributed by atoms with Gasteiger partial charge in [0.1, 0.15) is 5.82 Å². The third-order valence-electron chi connectivity index (χ3n) is 3.08. The van der Waals surface area contributed by atoms with Gasteiger partial charge in [-0.1, -0.05) is 23.7 Å². The van der Waals surface area contributed by atoms with E-state index < -0.39 is 0 Å². The summed E-state index contributed by atoms with van der Waals surface area (Å²) in [4.78, 5) is 0. The first-order valence-corrected chi connectivity index (χ1v) is 5.90. The molecule has 0 saturated carbocycles. The molecule has 17 heavy (non-hydrogen) atoms. The third kappa shape index (κ3) is 1.94. The normalized spacial score (nSPS) is 13.8. The lowest BCUT2D eigenvalue weighted by Gasteiger charge is -2.06. The second-order valence-electron chi connectivity index (χ2n) is 4.21. The number of hydrogen-bond acceptors (Lipinski definition) is 1. The average Bonchev–Trinajstić information content (AvgIpc) is 2.75. The molecule has 0 fully saturated rings. The molecule has 0 aromatic heterocycles. The zero-order chi connectivity index (χ0) is 11.8. The quantitative estimate of drug-likeness (QED) is 0.809. The van der Waals surface area contributed by atoms with Crippen LogP contribution in [0.3, 0.4) is 0 Å². The highest BCUT2D eigenvalue weighted by molar-refractivity contribution is 6.30. The van der Waals surface area contributed by atoms with Crippen molar-refractivity contribution in [1.29, 1.82) is 0 Å². The molecular weight excluding hydrogens is 237 g/mol. The molecule has 2 aromatic carbocycles. The second-order valence-corrected chi connectivity index (χ2v) is 4.65. The van der Waals surface area contributed by atoms with Crippen molar-refractivity contribution < 1.29 is 4.39 Å². The van der Waals surface area contributed by atoms with Gasteiger partial charge in [0.05, 0.1) is 0 Å². The molecule has 0 unspecified atom stereocenters. The van der Waals surface area contributed by atoms with Crippen molar-refractivity contribution in [2.75, 3.05) is 0 Å². The lowest BCUT2D eigenvalue weighted by molar-refractivity contribution is 0.631. The Kier molecular flexibility index (Phi) is 2.61. The molecule has 0 bridgehead atoms. The van der Waals surface area contributed by atoms with E-state index in [0.717, 1.165) is 18.7 Å². The van der Waals surface area contributed by atoms with Crippen LogP contribution >= 0.6 is 11.6 Å². The number of halogens is 2. The summed E-state index contributed by atoms with van der Waals surface area (Å²) in [6.45, 7) is 1.76. The van der Waals surface area contributed by atoms with Crippen LogP contribution in [0.4, 0.5) is 4.39 Å². The lowest BCUT2D eigenvalue weighted by atomic mass is 10.0. The average molecular weight is 248 g/mol. The summed E-state index contributed by atoms with van der Waals surface area (Å²) in [7, 11) is 0. The van der Waals surface area contributed by atoms with Gasteiger partial charge in [0, 0.05) is 23.7 Å². The van der Waals surface area contributed by atoms with E-state index in [0.29, 0.717) is 10.6 Å². The van der Waals surface area contributed by atoms with Crippen LogP contribution in [0.15, 0.2) is 36.4 Å². The number of fused-ring (bicyclic) bond motifs is 1. The second kappa shape index (κ2) is 4.13. The minimum absolute atomic E-state index is 0.275. The molecule has 0 saturated heterocycles. The minimum Gasteiger partial charge on any atom is -0.309 e. The molecular formula is C14H11ClFN. The molecule has 0 radical (unpaired) electrons. The smallest absolute Gasteiger partial charge is 0.132 e. The molecule has 0 spiro atoms. The van der Waals surface area contributed by atoms with E-state index in [1.54, 1.807) is 12.1 Å². The number of nitrogens with one attached hydrogen (secondary N) is 1. The van der Waals surface area contributed by atoms with Crippen molar-refractivity contribution in [3.05, 3.63) is 58.4 Å². The summed E-state index contributed by atoms with van der Waals surface area (Å²) in [5.74, 6) is -0.275. The number of benzene rings is 2. The van der Waals surface area contributed by atoms with Gasteiger partial charge >= 0.3 is 0 Å². The number of rotatable bonds is 1. The zero-order valence-electron chi connectivity index (χ0n) is 9.13. The molecule has 1 heterocycles. The van der Waals surface area contributed by atoms with Gasteiger partial charge in [-0.05, 0) is 41.0 Å². The molecule has 0 atom stereocenters. The Balaban J connectivity index is 2.09. The van der Waals surface area contributed by atoms with E-state index in [1.807, 2.05) is 12.1 Å². The Bertz CT molecular complexity index is 580. The molecule has 1 aliphatic rings. The summed E-state index contributed by atoms with van der Waals surface area (Å²) >= 11 is 5.75. The van der Waals surface area contributed by atoms with Crippen molar-refractivity contribution in [3.63, 3.8) is 0 Å². The van der Waals surface area contributed by atoms with Crippen LogP contribution in [0.25, 0.3) is 11.1 Å². The molecule has 1 aliphatic heterocycles. The molecule has 3 rings (SSSR count). The van der Waals surface area contributed by atoms with Crippen LogP contribution < -0.4 is 5.32 Å². The summed E-state index contributed by atoms with van der Waals surface area (Å²) in [6, 6.07) is 10.8. The SMILES string of the molecule is Fc1cc(Cl)ccc1-c1ccc2c(c1)CNC2. The zero-order valence-corrected chi connectivity index (χ0v) is 9.89.